The largest absolute Gasteiger partial charge is 0.460 e. The fourth-order valence-electron chi connectivity index (χ4n) is 2.71. The molecule has 0 aliphatic heterocycles. The van der Waals surface area contributed by atoms with E-state index >= 15 is 0 Å². The Labute approximate surface area is 118 Å². The van der Waals surface area contributed by atoms with E-state index < -0.39 is 0 Å². The molecule has 0 spiro atoms. The first-order valence-corrected chi connectivity index (χ1v) is 6.99. The molecule has 3 rings (SSSR count). The van der Waals surface area contributed by atoms with E-state index in [9.17, 15) is 5.11 Å². The second-order valence-corrected chi connectivity index (χ2v) is 6.19. The van der Waals surface area contributed by atoms with Crippen molar-refractivity contribution in [3.05, 3.63) is 29.7 Å². The first kappa shape index (κ1) is 13.4. The molecule has 2 aromatic heterocycles. The number of nitrogens with one attached hydrogen (secondary N) is 2. The monoisotopic (exact) mass is 275 g/mol. The van der Waals surface area contributed by atoms with Gasteiger partial charge in [0.15, 0.2) is 5.76 Å². The van der Waals surface area contributed by atoms with Gasteiger partial charge in [-0.1, -0.05) is 13.8 Å². The fraction of sp³-hybridized carbons (Fsp3) is 0.533. The van der Waals surface area contributed by atoms with Crippen LogP contribution in [0.2, 0.25) is 0 Å². The van der Waals surface area contributed by atoms with E-state index in [1.165, 1.54) is 0 Å². The number of aliphatic hydroxyl groups excluding tert-OH is 1. The summed E-state index contributed by atoms with van der Waals surface area (Å²) >= 11 is 0. The van der Waals surface area contributed by atoms with E-state index in [4.69, 9.17) is 4.42 Å². The molecule has 2 unspecified atom stereocenters. The van der Waals surface area contributed by atoms with Gasteiger partial charge in [0, 0.05) is 23.6 Å². The van der Waals surface area contributed by atoms with Crippen molar-refractivity contribution in [1.29, 1.82) is 0 Å². The van der Waals surface area contributed by atoms with E-state index in [1.54, 1.807) is 0 Å². The highest BCUT2D eigenvalue weighted by atomic mass is 16.3. The molecular weight excluding hydrogens is 254 g/mol. The normalized spacial score (nSPS) is 24.6. The summed E-state index contributed by atoms with van der Waals surface area (Å²) in [4.78, 5) is 0. The minimum Gasteiger partial charge on any atom is -0.460 e. The lowest BCUT2D eigenvalue weighted by molar-refractivity contribution is -0.0729. The topological polar surface area (TPSA) is 74.1 Å². The van der Waals surface area contributed by atoms with Crippen LogP contribution in [0, 0.1) is 12.3 Å². The first-order chi connectivity index (χ1) is 9.48. The van der Waals surface area contributed by atoms with Gasteiger partial charge in [-0.25, -0.2) is 0 Å². The number of aromatic amines is 1. The number of aliphatic hydroxyl groups is 1. The predicted molar refractivity (Wildman–Crippen MR) is 76.1 cm³/mol. The standard InChI is InChI=1S/C15H21N3O2/c1-9-4-5-11(20-9)14-10(8-17-18-14)7-16-12-6-13(19)15(12,2)3/h4-5,8,12-13,16,19H,6-7H2,1-3H3,(H,17,18). The summed E-state index contributed by atoms with van der Waals surface area (Å²) in [5.74, 6) is 1.70. The smallest absolute Gasteiger partial charge is 0.152 e. The molecule has 1 fully saturated rings. The number of furan rings is 1. The summed E-state index contributed by atoms with van der Waals surface area (Å²) in [6.45, 7) is 6.82. The fourth-order valence-corrected chi connectivity index (χ4v) is 2.71. The third kappa shape index (κ3) is 2.17. The van der Waals surface area contributed by atoms with E-state index in [2.05, 4.69) is 29.4 Å². The van der Waals surface area contributed by atoms with Crippen LogP contribution in [-0.2, 0) is 6.54 Å². The van der Waals surface area contributed by atoms with Gasteiger partial charge in [-0.2, -0.15) is 5.10 Å². The highest BCUT2D eigenvalue weighted by Gasteiger charge is 2.46. The molecule has 3 N–H and O–H groups in total. The van der Waals surface area contributed by atoms with E-state index in [-0.39, 0.29) is 11.5 Å². The molecule has 108 valence electrons. The molecule has 1 aliphatic carbocycles. The number of aryl methyl sites for hydroxylation is 1. The molecular formula is C15H21N3O2. The molecule has 20 heavy (non-hydrogen) atoms. The summed E-state index contributed by atoms with van der Waals surface area (Å²) < 4.78 is 5.63. The van der Waals surface area contributed by atoms with Gasteiger partial charge in [0.05, 0.1) is 12.3 Å². The van der Waals surface area contributed by atoms with Crippen molar-refractivity contribution in [2.75, 3.05) is 0 Å². The zero-order valence-corrected chi connectivity index (χ0v) is 12.1. The van der Waals surface area contributed by atoms with E-state index in [0.717, 1.165) is 29.2 Å². The summed E-state index contributed by atoms with van der Waals surface area (Å²) in [5.41, 5.74) is 1.94. The van der Waals surface area contributed by atoms with Crippen LogP contribution in [0.15, 0.2) is 22.7 Å². The average Bonchev–Trinajstić information content (AvgIpc) is 3.02. The van der Waals surface area contributed by atoms with Gasteiger partial charge in [-0.05, 0) is 25.5 Å². The molecule has 5 nitrogen and oxygen atoms in total. The second-order valence-electron chi connectivity index (χ2n) is 6.19. The number of rotatable bonds is 4. The van der Waals surface area contributed by atoms with Crippen molar-refractivity contribution in [3.63, 3.8) is 0 Å². The zero-order valence-electron chi connectivity index (χ0n) is 12.1. The van der Waals surface area contributed by atoms with Gasteiger partial charge < -0.3 is 14.8 Å². The van der Waals surface area contributed by atoms with Crippen LogP contribution >= 0.6 is 0 Å². The quantitative estimate of drug-likeness (QED) is 0.800. The number of aromatic nitrogens is 2. The van der Waals surface area contributed by atoms with Gasteiger partial charge in [-0.3, -0.25) is 5.10 Å². The molecule has 1 saturated carbocycles. The summed E-state index contributed by atoms with van der Waals surface area (Å²) in [5, 5.41) is 20.4. The Morgan fingerprint density at radius 2 is 2.30 bits per heavy atom. The number of H-pyrrole nitrogens is 1. The number of nitrogens with zero attached hydrogens (tertiary/aromatic N) is 1. The van der Waals surface area contributed by atoms with Crippen LogP contribution in [0.4, 0.5) is 0 Å². The third-order valence-corrected chi connectivity index (χ3v) is 4.46. The predicted octanol–water partition coefficient (Wildman–Crippen LogP) is 2.23. The molecule has 2 atom stereocenters. The minimum atomic E-state index is -0.212. The first-order valence-electron chi connectivity index (χ1n) is 6.99. The Morgan fingerprint density at radius 3 is 2.90 bits per heavy atom. The maximum Gasteiger partial charge on any atom is 0.152 e. The molecule has 0 aromatic carbocycles. The van der Waals surface area contributed by atoms with Crippen LogP contribution < -0.4 is 5.32 Å². The van der Waals surface area contributed by atoms with Crippen LogP contribution in [0.5, 0.6) is 0 Å². The Balaban J connectivity index is 1.69. The summed E-state index contributed by atoms with van der Waals surface area (Å²) in [6, 6.07) is 4.22. The molecule has 0 bridgehead atoms. The van der Waals surface area contributed by atoms with Gasteiger partial charge in [0.25, 0.3) is 0 Å². The Bertz CT molecular complexity index is 600. The SMILES string of the molecule is Cc1ccc(-c2[nH]ncc2CNC2CC(O)C2(C)C)o1. The lowest BCUT2D eigenvalue weighted by atomic mass is 9.64. The lowest BCUT2D eigenvalue weighted by Gasteiger charge is -2.49. The molecule has 2 heterocycles. The van der Waals surface area contributed by atoms with Gasteiger partial charge in [0.1, 0.15) is 11.5 Å². The van der Waals surface area contributed by atoms with Crippen molar-refractivity contribution >= 4 is 0 Å². The third-order valence-electron chi connectivity index (χ3n) is 4.46. The Hall–Kier alpha value is -1.59. The van der Waals surface area contributed by atoms with Crippen molar-refractivity contribution < 1.29 is 9.52 Å². The highest BCUT2D eigenvalue weighted by molar-refractivity contribution is 5.56. The zero-order chi connectivity index (χ0) is 14.3. The van der Waals surface area contributed by atoms with Gasteiger partial charge in [0.2, 0.25) is 0 Å². The lowest BCUT2D eigenvalue weighted by Crippen LogP contribution is -2.59. The molecule has 0 radical (unpaired) electrons. The Morgan fingerprint density at radius 1 is 1.50 bits per heavy atom. The van der Waals surface area contributed by atoms with Gasteiger partial charge in [-0.15, -0.1) is 0 Å². The maximum absolute atomic E-state index is 9.77. The summed E-state index contributed by atoms with van der Waals surface area (Å²) in [6.07, 6.45) is 2.42. The van der Waals surface area contributed by atoms with Gasteiger partial charge >= 0.3 is 0 Å². The highest BCUT2D eigenvalue weighted by Crippen LogP contribution is 2.40. The minimum absolute atomic E-state index is 0.0643. The van der Waals surface area contributed by atoms with Crippen molar-refractivity contribution in [2.45, 2.75) is 45.9 Å². The average molecular weight is 275 g/mol. The molecule has 5 heteroatoms. The number of hydrogen-bond donors (Lipinski definition) is 3. The van der Waals surface area contributed by atoms with Crippen LogP contribution in [0.1, 0.15) is 31.6 Å². The molecule has 0 amide bonds. The van der Waals surface area contributed by atoms with E-state index in [0.29, 0.717) is 12.6 Å². The van der Waals surface area contributed by atoms with Crippen molar-refractivity contribution in [2.24, 2.45) is 5.41 Å². The summed E-state index contributed by atoms with van der Waals surface area (Å²) in [7, 11) is 0. The number of hydrogen-bond acceptors (Lipinski definition) is 4. The van der Waals surface area contributed by atoms with Crippen LogP contribution in [-0.4, -0.2) is 27.4 Å². The molecule has 2 aromatic rings. The molecule has 0 saturated heterocycles. The second kappa shape index (κ2) is 4.75. The van der Waals surface area contributed by atoms with Crippen molar-refractivity contribution in [1.82, 2.24) is 15.5 Å². The van der Waals surface area contributed by atoms with Crippen LogP contribution in [0.3, 0.4) is 0 Å². The molecule has 1 aliphatic rings. The van der Waals surface area contributed by atoms with E-state index in [1.807, 2.05) is 25.3 Å². The Kier molecular flexibility index (Phi) is 3.18. The maximum atomic E-state index is 9.77. The van der Waals surface area contributed by atoms with Crippen molar-refractivity contribution in [3.8, 4) is 11.5 Å². The van der Waals surface area contributed by atoms with Crippen LogP contribution in [0.25, 0.3) is 11.5 Å².